The van der Waals surface area contributed by atoms with Crippen LogP contribution < -0.4 is 0 Å². The van der Waals surface area contributed by atoms with E-state index in [1.807, 2.05) is 4.90 Å². The first-order chi connectivity index (χ1) is 9.24. The fourth-order valence-corrected chi connectivity index (χ4v) is 3.46. The van der Waals surface area contributed by atoms with Gasteiger partial charge in [0, 0.05) is 37.7 Å². The zero-order valence-electron chi connectivity index (χ0n) is 11.8. The smallest absolute Gasteiger partial charge is 0.249 e. The summed E-state index contributed by atoms with van der Waals surface area (Å²) in [7, 11) is 2.14. The molecule has 0 radical (unpaired) electrons. The average Bonchev–Trinajstić information content (AvgIpc) is 2.74. The standard InChI is InChI=1S/C15H24N2O2/c1-16-7-8-19-14-11-17(10-13(14)9-16)15(18)12-5-3-2-4-6-12/h5,13-14H,2-4,6-11H2,1H3/t13-,14+/m1/s1. The fourth-order valence-electron chi connectivity index (χ4n) is 3.46. The summed E-state index contributed by atoms with van der Waals surface area (Å²) >= 11 is 0. The molecule has 0 unspecified atom stereocenters. The van der Waals surface area contributed by atoms with Gasteiger partial charge < -0.3 is 14.5 Å². The number of hydrogen-bond acceptors (Lipinski definition) is 3. The van der Waals surface area contributed by atoms with Crippen LogP contribution in [-0.4, -0.2) is 61.6 Å². The highest BCUT2D eigenvalue weighted by molar-refractivity contribution is 5.93. The van der Waals surface area contributed by atoms with Gasteiger partial charge in [0.15, 0.2) is 0 Å². The Bertz CT molecular complexity index is 380. The minimum Gasteiger partial charge on any atom is -0.375 e. The first-order valence-electron chi connectivity index (χ1n) is 7.52. The van der Waals surface area contributed by atoms with E-state index in [0.29, 0.717) is 5.92 Å². The second-order valence-corrected chi connectivity index (χ2v) is 6.12. The molecule has 0 aromatic carbocycles. The van der Waals surface area contributed by atoms with Crippen molar-refractivity contribution in [3.63, 3.8) is 0 Å². The van der Waals surface area contributed by atoms with Crippen LogP contribution >= 0.6 is 0 Å². The van der Waals surface area contributed by atoms with Gasteiger partial charge in [-0.15, -0.1) is 0 Å². The van der Waals surface area contributed by atoms with Gasteiger partial charge in [0.05, 0.1) is 12.7 Å². The molecule has 19 heavy (non-hydrogen) atoms. The highest BCUT2D eigenvalue weighted by Crippen LogP contribution is 2.26. The van der Waals surface area contributed by atoms with Crippen molar-refractivity contribution in [2.24, 2.45) is 5.92 Å². The normalized spacial score (nSPS) is 32.7. The summed E-state index contributed by atoms with van der Waals surface area (Å²) in [5.74, 6) is 0.750. The maximum Gasteiger partial charge on any atom is 0.249 e. The quantitative estimate of drug-likeness (QED) is 0.715. The van der Waals surface area contributed by atoms with Gasteiger partial charge in [-0.3, -0.25) is 4.79 Å². The van der Waals surface area contributed by atoms with E-state index in [9.17, 15) is 4.79 Å². The molecule has 0 bridgehead atoms. The average molecular weight is 264 g/mol. The van der Waals surface area contributed by atoms with Crippen LogP contribution in [-0.2, 0) is 9.53 Å². The molecule has 2 atom stereocenters. The van der Waals surface area contributed by atoms with Crippen molar-refractivity contribution in [1.29, 1.82) is 0 Å². The molecule has 4 heteroatoms. The minimum absolute atomic E-state index is 0.248. The van der Waals surface area contributed by atoms with E-state index in [0.717, 1.165) is 57.6 Å². The summed E-state index contributed by atoms with van der Waals surface area (Å²) in [6.45, 7) is 4.50. The molecule has 1 amide bonds. The number of allylic oxidation sites excluding steroid dienone is 1. The van der Waals surface area contributed by atoms with Crippen LogP contribution in [0.15, 0.2) is 11.6 Å². The lowest BCUT2D eigenvalue weighted by Crippen LogP contribution is -2.33. The number of hydrogen-bond donors (Lipinski definition) is 0. The molecule has 3 aliphatic rings. The van der Waals surface area contributed by atoms with E-state index >= 15 is 0 Å². The fraction of sp³-hybridized carbons (Fsp3) is 0.800. The number of fused-ring (bicyclic) bond motifs is 1. The Balaban J connectivity index is 1.64. The molecule has 1 aliphatic carbocycles. The van der Waals surface area contributed by atoms with E-state index < -0.39 is 0 Å². The van der Waals surface area contributed by atoms with Crippen molar-refractivity contribution in [2.75, 3.05) is 39.8 Å². The van der Waals surface area contributed by atoms with Crippen molar-refractivity contribution in [3.05, 3.63) is 11.6 Å². The number of amides is 1. The van der Waals surface area contributed by atoms with Crippen LogP contribution in [0.2, 0.25) is 0 Å². The summed E-state index contributed by atoms with van der Waals surface area (Å²) in [6, 6.07) is 0. The Hall–Kier alpha value is -0.870. The van der Waals surface area contributed by atoms with Crippen LogP contribution in [0.4, 0.5) is 0 Å². The first-order valence-corrected chi connectivity index (χ1v) is 7.52. The second kappa shape index (κ2) is 5.63. The van der Waals surface area contributed by atoms with E-state index in [-0.39, 0.29) is 12.0 Å². The van der Waals surface area contributed by atoms with Gasteiger partial charge in [-0.2, -0.15) is 0 Å². The summed E-state index contributed by atoms with van der Waals surface area (Å²) in [4.78, 5) is 16.8. The summed E-state index contributed by atoms with van der Waals surface area (Å²) < 4.78 is 5.91. The molecular weight excluding hydrogens is 240 g/mol. The number of nitrogens with zero attached hydrogens (tertiary/aromatic N) is 2. The number of ether oxygens (including phenoxy) is 1. The zero-order chi connectivity index (χ0) is 13.2. The van der Waals surface area contributed by atoms with Crippen LogP contribution in [0.25, 0.3) is 0 Å². The third-order valence-electron chi connectivity index (χ3n) is 4.59. The molecule has 106 valence electrons. The number of rotatable bonds is 1. The monoisotopic (exact) mass is 264 g/mol. The third kappa shape index (κ3) is 2.84. The molecule has 0 aromatic heterocycles. The van der Waals surface area contributed by atoms with Crippen LogP contribution in [0.5, 0.6) is 0 Å². The van der Waals surface area contributed by atoms with Crippen molar-refractivity contribution in [2.45, 2.75) is 31.8 Å². The number of carbonyl (C=O) groups is 1. The van der Waals surface area contributed by atoms with Gasteiger partial charge >= 0.3 is 0 Å². The molecule has 0 spiro atoms. The highest BCUT2D eigenvalue weighted by Gasteiger charge is 2.38. The van der Waals surface area contributed by atoms with Crippen molar-refractivity contribution >= 4 is 5.91 Å². The van der Waals surface area contributed by atoms with Gasteiger partial charge in [-0.1, -0.05) is 6.08 Å². The molecular formula is C15H24N2O2. The number of likely N-dealkylation sites (N-methyl/N-ethyl adjacent to an activating group) is 1. The predicted molar refractivity (Wildman–Crippen MR) is 73.9 cm³/mol. The first kappa shape index (κ1) is 13.1. The Labute approximate surface area is 115 Å². The maximum atomic E-state index is 12.5. The highest BCUT2D eigenvalue weighted by atomic mass is 16.5. The van der Waals surface area contributed by atoms with Crippen LogP contribution in [0.3, 0.4) is 0 Å². The van der Waals surface area contributed by atoms with Crippen molar-refractivity contribution < 1.29 is 9.53 Å². The summed E-state index contributed by atoms with van der Waals surface area (Å²) in [6.07, 6.45) is 6.82. The Morgan fingerprint density at radius 3 is 3.00 bits per heavy atom. The SMILES string of the molecule is CN1CCO[C@H]2CN(C(=O)C3=CCCCC3)C[C@H]2C1. The molecule has 4 nitrogen and oxygen atoms in total. The Morgan fingerprint density at radius 2 is 2.21 bits per heavy atom. The van der Waals surface area contributed by atoms with E-state index in [2.05, 4.69) is 18.0 Å². The maximum absolute atomic E-state index is 12.5. The summed E-state index contributed by atoms with van der Waals surface area (Å²) in [5.41, 5.74) is 1.04. The topological polar surface area (TPSA) is 32.8 Å². The molecule has 2 aliphatic heterocycles. The van der Waals surface area contributed by atoms with Crippen molar-refractivity contribution in [3.8, 4) is 0 Å². The number of carbonyl (C=O) groups excluding carboxylic acids is 1. The molecule has 0 N–H and O–H groups in total. The van der Waals surface area contributed by atoms with Crippen LogP contribution in [0, 0.1) is 5.92 Å². The molecule has 0 saturated carbocycles. The lowest BCUT2D eigenvalue weighted by Gasteiger charge is -2.21. The molecule has 2 heterocycles. The molecule has 2 saturated heterocycles. The van der Waals surface area contributed by atoms with Gasteiger partial charge in [-0.05, 0) is 32.7 Å². The van der Waals surface area contributed by atoms with Crippen LogP contribution in [0.1, 0.15) is 25.7 Å². The second-order valence-electron chi connectivity index (χ2n) is 6.12. The lowest BCUT2D eigenvalue weighted by molar-refractivity contribution is -0.127. The summed E-state index contributed by atoms with van der Waals surface area (Å²) in [5, 5.41) is 0. The third-order valence-corrected chi connectivity index (χ3v) is 4.59. The van der Waals surface area contributed by atoms with Gasteiger partial charge in [0.25, 0.3) is 0 Å². The van der Waals surface area contributed by atoms with Gasteiger partial charge in [-0.25, -0.2) is 0 Å². The zero-order valence-corrected chi connectivity index (χ0v) is 11.8. The molecule has 3 rings (SSSR count). The van der Waals surface area contributed by atoms with E-state index in [1.165, 1.54) is 6.42 Å². The minimum atomic E-state index is 0.248. The lowest BCUT2D eigenvalue weighted by atomic mass is 9.99. The largest absolute Gasteiger partial charge is 0.375 e. The molecule has 0 aromatic rings. The van der Waals surface area contributed by atoms with E-state index in [1.54, 1.807) is 0 Å². The van der Waals surface area contributed by atoms with E-state index in [4.69, 9.17) is 4.74 Å². The van der Waals surface area contributed by atoms with Gasteiger partial charge in [0.1, 0.15) is 0 Å². The van der Waals surface area contributed by atoms with Gasteiger partial charge in [0.2, 0.25) is 5.91 Å². The predicted octanol–water partition coefficient (Wildman–Crippen LogP) is 1.28. The Kier molecular flexibility index (Phi) is 3.89. The number of likely N-dealkylation sites (tertiary alicyclic amines) is 1. The van der Waals surface area contributed by atoms with Crippen molar-refractivity contribution in [1.82, 2.24) is 9.80 Å². The Morgan fingerprint density at radius 1 is 1.32 bits per heavy atom. The molecule has 2 fully saturated rings.